The van der Waals surface area contributed by atoms with Crippen LogP contribution in [0.4, 0.5) is 0 Å². The van der Waals surface area contributed by atoms with Crippen molar-refractivity contribution in [3.63, 3.8) is 0 Å². The van der Waals surface area contributed by atoms with E-state index in [-0.39, 0.29) is 19.8 Å². The average molecular weight is 442 g/mol. The largest absolute Gasteiger partial charge is 0.489 e. The van der Waals surface area contributed by atoms with Crippen molar-refractivity contribution in [3.05, 3.63) is 63.4 Å². The molecule has 1 aromatic carbocycles. The molecule has 0 spiro atoms. The second-order valence-electron chi connectivity index (χ2n) is 6.16. The van der Waals surface area contributed by atoms with Crippen molar-refractivity contribution in [2.45, 2.75) is 26.2 Å². The van der Waals surface area contributed by atoms with Gasteiger partial charge in [0, 0.05) is 26.0 Å². The predicted molar refractivity (Wildman–Crippen MR) is 119 cm³/mol. The number of para-hydroxylation sites is 1. The molecule has 1 unspecified atom stereocenters. The van der Waals surface area contributed by atoms with E-state index in [1.807, 2.05) is 32.0 Å². The zero-order valence-electron chi connectivity index (χ0n) is 17.8. The molecule has 9 nitrogen and oxygen atoms in total. The summed E-state index contributed by atoms with van der Waals surface area (Å²) in [5.74, 6) is 0.597. The van der Waals surface area contributed by atoms with Gasteiger partial charge in [-0.3, -0.25) is 14.3 Å². The quantitative estimate of drug-likeness (QED) is 0.513. The van der Waals surface area contributed by atoms with Gasteiger partial charge in [-0.05, 0) is 12.1 Å². The molecule has 0 aliphatic carbocycles. The van der Waals surface area contributed by atoms with Gasteiger partial charge in [0.25, 0.3) is 5.56 Å². The molecular weight excluding hydrogens is 411 g/mol. The van der Waals surface area contributed by atoms with Crippen molar-refractivity contribution >= 4 is 13.6 Å². The normalized spacial score (nSPS) is 14.7. The van der Waals surface area contributed by atoms with Gasteiger partial charge in [0.1, 0.15) is 25.8 Å². The fourth-order valence-electron chi connectivity index (χ4n) is 2.30. The number of rotatable bonds is 11. The van der Waals surface area contributed by atoms with Crippen LogP contribution in [0, 0.1) is 0 Å². The maximum atomic E-state index is 12.2. The molecule has 0 fully saturated rings. The first-order valence-electron chi connectivity index (χ1n) is 9.50. The monoisotopic (exact) mass is 442 g/mol. The van der Waals surface area contributed by atoms with Crippen LogP contribution in [0.1, 0.15) is 20.1 Å². The highest BCUT2D eigenvalue weighted by molar-refractivity contribution is 7.62. The summed E-state index contributed by atoms with van der Waals surface area (Å²) in [6.45, 7) is 5.66. The number of hydrogen-bond donors (Lipinski definition) is 2. The number of methoxy groups -OCH3 is 1. The maximum Gasteiger partial charge on any atom is 0.330 e. The Morgan fingerprint density at radius 3 is 2.37 bits per heavy atom. The van der Waals surface area contributed by atoms with Crippen LogP contribution < -0.4 is 16.0 Å². The summed E-state index contributed by atoms with van der Waals surface area (Å²) >= 11 is 0. The summed E-state index contributed by atoms with van der Waals surface area (Å²) in [6.07, 6.45) is 3.41. The van der Waals surface area contributed by atoms with Gasteiger partial charge in [-0.15, -0.1) is 0 Å². The Kier molecular flexibility index (Phi) is 11.4. The Bertz CT molecular complexity index is 892. The van der Waals surface area contributed by atoms with E-state index >= 15 is 0 Å². The highest BCUT2D eigenvalue weighted by Gasteiger charge is 2.22. The van der Waals surface area contributed by atoms with Gasteiger partial charge in [-0.2, -0.15) is 0 Å². The van der Waals surface area contributed by atoms with Crippen LogP contribution in [0.5, 0.6) is 5.75 Å². The number of ether oxygens (including phenoxy) is 3. The van der Waals surface area contributed by atoms with Crippen molar-refractivity contribution in [2.24, 2.45) is 0 Å². The Balaban J connectivity index is 0.00000218. The molecule has 1 heterocycles. The highest BCUT2D eigenvalue weighted by Crippen LogP contribution is 2.36. The third-order valence-electron chi connectivity index (χ3n) is 3.54. The molecule has 3 atom stereocenters. The smallest absolute Gasteiger partial charge is 0.330 e. The molecule has 10 heteroatoms. The number of aromatic nitrogens is 2. The van der Waals surface area contributed by atoms with Crippen LogP contribution in [0.2, 0.25) is 0 Å². The molecular formula is C20H31N2O7P. The second-order valence-corrected chi connectivity index (χ2v) is 8.52. The first-order valence-corrected chi connectivity index (χ1v) is 11.8. The van der Waals surface area contributed by atoms with Crippen molar-refractivity contribution in [3.8, 4) is 5.75 Å². The number of nitrogens with zero attached hydrogens (tertiary/aromatic N) is 1. The van der Waals surface area contributed by atoms with E-state index in [4.69, 9.17) is 18.7 Å². The molecule has 0 aliphatic heterocycles. The molecule has 2 rings (SSSR count). The summed E-state index contributed by atoms with van der Waals surface area (Å²) < 4.78 is 23.4. The lowest BCUT2D eigenvalue weighted by molar-refractivity contribution is -0.111. The number of aromatic amines is 1. The zero-order chi connectivity index (χ0) is 22.6. The van der Waals surface area contributed by atoms with Crippen LogP contribution in [-0.4, -0.2) is 60.4 Å². The first kappa shape index (κ1) is 25.9. The van der Waals surface area contributed by atoms with E-state index in [0.29, 0.717) is 5.75 Å². The lowest BCUT2D eigenvalue weighted by Gasteiger charge is -2.26. The molecule has 0 amide bonds. The number of H-pyrrole nitrogens is 1. The fourth-order valence-corrected chi connectivity index (χ4v) is 2.79. The van der Waals surface area contributed by atoms with Crippen LogP contribution in [-0.2, 0) is 14.0 Å². The first-order chi connectivity index (χ1) is 14.3. The third-order valence-corrected chi connectivity index (χ3v) is 4.24. The molecule has 0 aliphatic rings. The van der Waals surface area contributed by atoms with Gasteiger partial charge in [0.05, 0.1) is 13.2 Å². The number of nitrogens with one attached hydrogen (secondary N) is 1. The summed E-state index contributed by atoms with van der Waals surface area (Å²) in [6, 6.07) is 10.2. The Morgan fingerprint density at radius 2 is 1.80 bits per heavy atom. The van der Waals surface area contributed by atoms with E-state index in [1.165, 1.54) is 30.6 Å². The Labute approximate surface area is 176 Å². The lowest BCUT2D eigenvalue weighted by Crippen LogP contribution is -2.38. The highest BCUT2D eigenvalue weighted by atomic mass is 31.2. The summed E-state index contributed by atoms with van der Waals surface area (Å²) in [5, 5.41) is 0. The molecule has 30 heavy (non-hydrogen) atoms. The summed E-state index contributed by atoms with van der Waals surface area (Å²) in [7, 11) is -1.23. The minimum absolute atomic E-state index is 0.00785. The molecule has 0 bridgehead atoms. The van der Waals surface area contributed by atoms with Gasteiger partial charge in [0.2, 0.25) is 0 Å². The van der Waals surface area contributed by atoms with E-state index in [2.05, 4.69) is 11.3 Å². The van der Waals surface area contributed by atoms with Crippen LogP contribution in [0.15, 0.2) is 52.2 Å². The molecule has 2 aromatic rings. The van der Waals surface area contributed by atoms with E-state index in [1.54, 1.807) is 12.1 Å². The van der Waals surface area contributed by atoms with Gasteiger partial charge in [-0.1, -0.05) is 38.3 Å². The van der Waals surface area contributed by atoms with Gasteiger partial charge in [0.15, 0.2) is 6.23 Å². The molecule has 0 saturated heterocycles. The van der Waals surface area contributed by atoms with Crippen molar-refractivity contribution in [2.75, 3.05) is 33.6 Å². The maximum absolute atomic E-state index is 12.2. The van der Waals surface area contributed by atoms with E-state index < -0.39 is 30.9 Å². The minimum atomic E-state index is -2.72. The van der Waals surface area contributed by atoms with Crippen LogP contribution >= 0.6 is 7.34 Å². The van der Waals surface area contributed by atoms with Crippen LogP contribution in [0.25, 0.3) is 0 Å². The topological polar surface area (TPSA) is 112 Å². The predicted octanol–water partition coefficient (Wildman–Crippen LogP) is 2.09. The third kappa shape index (κ3) is 9.56. The molecule has 2 N–H and O–H groups in total. The van der Waals surface area contributed by atoms with Crippen molar-refractivity contribution in [1.29, 1.82) is 0 Å². The molecule has 0 radical (unpaired) electrons. The Hall–Kier alpha value is -2.16. The summed E-state index contributed by atoms with van der Waals surface area (Å²) in [5.41, 5.74) is -1.15. The van der Waals surface area contributed by atoms with Crippen molar-refractivity contribution < 1.29 is 23.6 Å². The number of benzene rings is 1. The molecule has 0 saturated carbocycles. The van der Waals surface area contributed by atoms with Crippen LogP contribution in [0.3, 0.4) is 0 Å². The zero-order valence-corrected chi connectivity index (χ0v) is 18.7. The van der Waals surface area contributed by atoms with Gasteiger partial charge >= 0.3 is 5.69 Å². The SMILES string of the molecule is C=P(C)(O)OC[C@@H](COC)O[C@H](COc1ccccc1)n1ccc(=O)[nH]c1=O.CC. The van der Waals surface area contributed by atoms with Crippen molar-refractivity contribution in [1.82, 2.24) is 9.55 Å². The van der Waals surface area contributed by atoms with E-state index in [0.717, 1.165) is 0 Å². The molecule has 1 aromatic heterocycles. The Morgan fingerprint density at radius 1 is 1.13 bits per heavy atom. The number of hydrogen-bond acceptors (Lipinski definition) is 7. The summed E-state index contributed by atoms with van der Waals surface area (Å²) in [4.78, 5) is 35.5. The van der Waals surface area contributed by atoms with Gasteiger partial charge < -0.3 is 23.6 Å². The lowest BCUT2D eigenvalue weighted by atomic mass is 10.3. The molecule has 168 valence electrons. The second kappa shape index (κ2) is 13.2. The van der Waals surface area contributed by atoms with Gasteiger partial charge in [-0.25, -0.2) is 4.79 Å². The van der Waals surface area contributed by atoms with E-state index in [9.17, 15) is 14.5 Å². The minimum Gasteiger partial charge on any atom is -0.489 e. The average Bonchev–Trinajstić information content (AvgIpc) is 2.71. The standard InChI is InChI=1S/C18H25N2O7P.C2H6/c1-24-11-15(12-26-28(2,3)23)27-17(13-25-14-7-5-4-6-8-14)20-10-9-16(21)19-18(20)22;1-2/h4-10,15,17,23H,2,11-13H2,1,3H3,(H,19,21,22);1-2H3/t15-,17-,28?;/m1./s1. The fraction of sp³-hybridized carbons (Fsp3) is 0.450.